The Morgan fingerprint density at radius 2 is 2.05 bits per heavy atom. The lowest BCUT2D eigenvalue weighted by atomic mass is 9.97. The second-order valence-electron chi connectivity index (χ2n) is 5.26. The second kappa shape index (κ2) is 6.37. The zero-order chi connectivity index (χ0) is 13.8. The van der Waals surface area contributed by atoms with Gasteiger partial charge in [0, 0.05) is 24.7 Å². The molecule has 4 nitrogen and oxygen atoms in total. The Bertz CT molecular complexity index is 386. The first-order chi connectivity index (χ1) is 9.13. The van der Waals surface area contributed by atoms with E-state index in [1.165, 1.54) is 5.56 Å². The summed E-state index contributed by atoms with van der Waals surface area (Å²) in [5.74, 6) is 0.874. The molecule has 1 fully saturated rings. The van der Waals surface area contributed by atoms with Gasteiger partial charge in [0.1, 0.15) is 5.75 Å². The molecule has 4 heteroatoms. The predicted octanol–water partition coefficient (Wildman–Crippen LogP) is 1.80. The molecule has 0 amide bonds. The molecule has 0 radical (unpaired) electrons. The molecule has 3 atom stereocenters. The summed E-state index contributed by atoms with van der Waals surface area (Å²) < 4.78 is 10.7. The molecule has 0 bridgehead atoms. The molecule has 2 rings (SSSR count). The van der Waals surface area contributed by atoms with Gasteiger partial charge >= 0.3 is 0 Å². The monoisotopic (exact) mass is 264 g/mol. The summed E-state index contributed by atoms with van der Waals surface area (Å²) >= 11 is 0. The highest BCUT2D eigenvalue weighted by molar-refractivity contribution is 5.30. The minimum atomic E-state index is 0.0685. The number of nitrogens with two attached hydrogens (primary N) is 1. The van der Waals surface area contributed by atoms with Crippen LogP contribution in [0, 0.1) is 0 Å². The minimum Gasteiger partial charge on any atom is -0.497 e. The van der Waals surface area contributed by atoms with Gasteiger partial charge in [-0.15, -0.1) is 0 Å². The van der Waals surface area contributed by atoms with Gasteiger partial charge in [-0.05, 0) is 38.1 Å². The Morgan fingerprint density at radius 3 is 2.53 bits per heavy atom. The molecular formula is C15H24N2O2. The fourth-order valence-electron chi connectivity index (χ4n) is 2.78. The molecule has 0 saturated carbocycles. The SMILES string of the molecule is COc1ccc(C(C(C)N)N(C)C2CCOC2)cc1. The first-order valence-electron chi connectivity index (χ1n) is 6.82. The van der Waals surface area contributed by atoms with E-state index in [0.29, 0.717) is 6.04 Å². The molecule has 1 aromatic carbocycles. The van der Waals surface area contributed by atoms with Crippen molar-refractivity contribution in [3.8, 4) is 5.75 Å². The summed E-state index contributed by atoms with van der Waals surface area (Å²) in [5, 5.41) is 0. The molecule has 1 heterocycles. The van der Waals surface area contributed by atoms with Crippen LogP contribution >= 0.6 is 0 Å². The Labute approximate surface area is 115 Å². The zero-order valence-electron chi connectivity index (χ0n) is 12.0. The van der Waals surface area contributed by atoms with Gasteiger partial charge in [-0.25, -0.2) is 0 Å². The normalized spacial score (nSPS) is 22.5. The van der Waals surface area contributed by atoms with Crippen molar-refractivity contribution >= 4 is 0 Å². The van der Waals surface area contributed by atoms with Crippen LogP contribution in [0.3, 0.4) is 0 Å². The van der Waals surface area contributed by atoms with E-state index in [4.69, 9.17) is 15.2 Å². The summed E-state index contributed by atoms with van der Waals surface area (Å²) in [6, 6.07) is 8.90. The van der Waals surface area contributed by atoms with Crippen LogP contribution in [-0.2, 0) is 4.74 Å². The molecular weight excluding hydrogens is 240 g/mol. The molecule has 3 unspecified atom stereocenters. The van der Waals surface area contributed by atoms with Crippen LogP contribution in [-0.4, -0.2) is 44.4 Å². The molecule has 1 aliphatic heterocycles. The van der Waals surface area contributed by atoms with E-state index in [0.717, 1.165) is 25.4 Å². The van der Waals surface area contributed by atoms with E-state index in [2.05, 4.69) is 31.0 Å². The fraction of sp³-hybridized carbons (Fsp3) is 0.600. The van der Waals surface area contributed by atoms with Crippen molar-refractivity contribution in [3.05, 3.63) is 29.8 Å². The number of hydrogen-bond acceptors (Lipinski definition) is 4. The molecule has 1 aliphatic rings. The van der Waals surface area contributed by atoms with Gasteiger partial charge in [0.2, 0.25) is 0 Å². The van der Waals surface area contributed by atoms with E-state index in [-0.39, 0.29) is 12.1 Å². The predicted molar refractivity (Wildman–Crippen MR) is 76.4 cm³/mol. The van der Waals surface area contributed by atoms with Crippen LogP contribution < -0.4 is 10.5 Å². The highest BCUT2D eigenvalue weighted by Gasteiger charge is 2.29. The third kappa shape index (κ3) is 3.26. The Hall–Kier alpha value is -1.10. The van der Waals surface area contributed by atoms with E-state index < -0.39 is 0 Å². The number of likely N-dealkylation sites (N-methyl/N-ethyl adjacent to an activating group) is 1. The van der Waals surface area contributed by atoms with Crippen molar-refractivity contribution in [2.75, 3.05) is 27.4 Å². The van der Waals surface area contributed by atoms with Crippen LogP contribution in [0.15, 0.2) is 24.3 Å². The summed E-state index contributed by atoms with van der Waals surface area (Å²) in [5.41, 5.74) is 7.42. The zero-order valence-corrected chi connectivity index (χ0v) is 12.0. The van der Waals surface area contributed by atoms with Gasteiger partial charge < -0.3 is 15.2 Å². The molecule has 0 aromatic heterocycles. The maximum Gasteiger partial charge on any atom is 0.118 e. The Kier molecular flexibility index (Phi) is 4.80. The van der Waals surface area contributed by atoms with Crippen molar-refractivity contribution < 1.29 is 9.47 Å². The molecule has 1 aromatic rings. The summed E-state index contributed by atoms with van der Waals surface area (Å²) in [6.07, 6.45) is 1.08. The Morgan fingerprint density at radius 1 is 1.37 bits per heavy atom. The van der Waals surface area contributed by atoms with E-state index >= 15 is 0 Å². The average molecular weight is 264 g/mol. The number of nitrogens with zero attached hydrogens (tertiary/aromatic N) is 1. The van der Waals surface area contributed by atoms with Crippen LogP contribution in [0.2, 0.25) is 0 Å². The first-order valence-corrected chi connectivity index (χ1v) is 6.82. The lowest BCUT2D eigenvalue weighted by Gasteiger charge is -2.35. The number of benzene rings is 1. The number of ether oxygens (including phenoxy) is 2. The van der Waals surface area contributed by atoms with Gasteiger partial charge in [0.25, 0.3) is 0 Å². The van der Waals surface area contributed by atoms with E-state index in [1.807, 2.05) is 12.1 Å². The topological polar surface area (TPSA) is 47.7 Å². The quantitative estimate of drug-likeness (QED) is 0.881. The van der Waals surface area contributed by atoms with Gasteiger partial charge in [0.15, 0.2) is 0 Å². The van der Waals surface area contributed by atoms with Crippen LogP contribution in [0.1, 0.15) is 24.9 Å². The maximum absolute atomic E-state index is 6.19. The summed E-state index contributed by atoms with van der Waals surface area (Å²) in [7, 11) is 3.82. The lowest BCUT2D eigenvalue weighted by molar-refractivity contribution is 0.123. The van der Waals surface area contributed by atoms with Crippen molar-refractivity contribution in [2.24, 2.45) is 5.73 Å². The smallest absolute Gasteiger partial charge is 0.118 e. The summed E-state index contributed by atoms with van der Waals surface area (Å²) in [6.45, 7) is 3.71. The summed E-state index contributed by atoms with van der Waals surface area (Å²) in [4.78, 5) is 2.35. The molecule has 2 N–H and O–H groups in total. The molecule has 19 heavy (non-hydrogen) atoms. The van der Waals surface area contributed by atoms with Crippen molar-refractivity contribution in [3.63, 3.8) is 0 Å². The molecule has 106 valence electrons. The number of methoxy groups -OCH3 is 1. The van der Waals surface area contributed by atoms with Gasteiger partial charge in [0.05, 0.1) is 13.7 Å². The third-order valence-electron chi connectivity index (χ3n) is 3.88. The fourth-order valence-corrected chi connectivity index (χ4v) is 2.78. The number of hydrogen-bond donors (Lipinski definition) is 1. The molecule has 1 saturated heterocycles. The highest BCUT2D eigenvalue weighted by atomic mass is 16.5. The van der Waals surface area contributed by atoms with E-state index in [9.17, 15) is 0 Å². The largest absolute Gasteiger partial charge is 0.497 e. The van der Waals surface area contributed by atoms with Crippen LogP contribution in [0.4, 0.5) is 0 Å². The van der Waals surface area contributed by atoms with E-state index in [1.54, 1.807) is 7.11 Å². The van der Waals surface area contributed by atoms with Gasteiger partial charge in [-0.3, -0.25) is 4.90 Å². The lowest BCUT2D eigenvalue weighted by Crippen LogP contribution is -2.43. The first kappa shape index (κ1) is 14.3. The molecule has 0 spiro atoms. The van der Waals surface area contributed by atoms with Gasteiger partial charge in [-0.1, -0.05) is 12.1 Å². The van der Waals surface area contributed by atoms with Crippen LogP contribution in [0.5, 0.6) is 5.75 Å². The highest BCUT2D eigenvalue weighted by Crippen LogP contribution is 2.28. The van der Waals surface area contributed by atoms with Crippen LogP contribution in [0.25, 0.3) is 0 Å². The Balaban J connectivity index is 2.18. The standard InChI is InChI=1S/C15H24N2O2/c1-11(16)15(17(2)13-8-9-19-10-13)12-4-6-14(18-3)7-5-12/h4-7,11,13,15H,8-10,16H2,1-3H3. The van der Waals surface area contributed by atoms with Crippen molar-refractivity contribution in [1.82, 2.24) is 4.90 Å². The third-order valence-corrected chi connectivity index (χ3v) is 3.88. The van der Waals surface area contributed by atoms with Crippen molar-refractivity contribution in [1.29, 1.82) is 0 Å². The molecule has 0 aliphatic carbocycles. The maximum atomic E-state index is 6.19. The van der Waals surface area contributed by atoms with Crippen molar-refractivity contribution in [2.45, 2.75) is 31.5 Å². The minimum absolute atomic E-state index is 0.0685. The second-order valence-corrected chi connectivity index (χ2v) is 5.26. The van der Waals surface area contributed by atoms with Gasteiger partial charge in [-0.2, -0.15) is 0 Å². The average Bonchev–Trinajstić information content (AvgIpc) is 2.93. The number of rotatable bonds is 5.